The second-order valence-corrected chi connectivity index (χ2v) is 11.3. The van der Waals surface area contributed by atoms with Crippen LogP contribution in [0, 0.1) is 0 Å². The maximum absolute atomic E-state index is 12.0. The van der Waals surface area contributed by atoms with Gasteiger partial charge in [-0.1, -0.05) is 0 Å². The summed E-state index contributed by atoms with van der Waals surface area (Å²) >= 11 is 0. The van der Waals surface area contributed by atoms with Crippen LogP contribution in [-0.2, 0) is 46.9 Å². The second-order valence-electron chi connectivity index (χ2n) is 8.72. The SMILES string of the molecule is CC(=O)N[C@@H]1[C@@H](OC(C)C(=O)N[C@@H](C)C(=O)O)[C@H](O)[C@@H](CO)O[C@@H]1O.N[C@H](CCC(=O)O)C(=O)O.O=P(O)(O)OP(=O)(O)O. The topological polar surface area (TPSA) is 400 Å². The van der Waals surface area contributed by atoms with Crippen LogP contribution in [0.15, 0.2) is 0 Å². The van der Waals surface area contributed by atoms with E-state index in [2.05, 4.69) is 14.9 Å². The normalized spacial score (nSPS) is 23.7. The zero-order valence-corrected chi connectivity index (χ0v) is 25.1. The summed E-state index contributed by atoms with van der Waals surface area (Å²) in [5, 5.41) is 59.0. The fourth-order valence-electron chi connectivity index (χ4n) is 2.87. The van der Waals surface area contributed by atoms with Crippen LogP contribution in [0.4, 0.5) is 0 Å². The first kappa shape index (κ1) is 43.5. The first-order valence-electron chi connectivity index (χ1n) is 11.9. The van der Waals surface area contributed by atoms with Gasteiger partial charge in [0.2, 0.25) is 11.8 Å². The standard InChI is InChI=1S/C14H24N2O9.C5H9NO4.H4O7P2/c1-5(13(21)22)15-12(20)6(2)24-11-9(16-7(3)18)14(23)25-8(4-17)10(11)19;6-3(5(9)10)1-2-4(7)8;1-8(2,3)7-9(4,5)6/h5-6,8-11,14,17,19,23H,4H2,1-3H3,(H,15,20)(H,16,18)(H,21,22);3H,1-2,6H2,(H,7,8)(H,9,10);(H2,1,2,3)(H2,4,5,6)/t5-,6?,8+,9+,10+,11+,14-;3-;/m01./s1. The fraction of sp³-hybridized carbons (Fsp3) is 0.737. The van der Waals surface area contributed by atoms with Gasteiger partial charge in [0.1, 0.15) is 42.5 Å². The van der Waals surface area contributed by atoms with Crippen molar-refractivity contribution in [1.29, 1.82) is 0 Å². The van der Waals surface area contributed by atoms with Crippen molar-refractivity contribution in [1.82, 2.24) is 10.6 Å². The predicted molar refractivity (Wildman–Crippen MR) is 139 cm³/mol. The Kier molecular flexibility index (Phi) is 19.5. The van der Waals surface area contributed by atoms with Crippen molar-refractivity contribution < 1.29 is 97.1 Å². The Morgan fingerprint density at radius 2 is 1.45 bits per heavy atom. The molecular formula is C19H37N3O20P2. The van der Waals surface area contributed by atoms with Crippen LogP contribution in [0.2, 0.25) is 0 Å². The summed E-state index contributed by atoms with van der Waals surface area (Å²) in [6.07, 6.45) is -6.91. The zero-order chi connectivity index (χ0) is 35.2. The van der Waals surface area contributed by atoms with Crippen molar-refractivity contribution >= 4 is 45.4 Å². The number of carbonyl (C=O) groups is 5. The van der Waals surface area contributed by atoms with Crippen molar-refractivity contribution in [3.8, 4) is 0 Å². The summed E-state index contributed by atoms with van der Waals surface area (Å²) in [4.78, 5) is 84.9. The van der Waals surface area contributed by atoms with Crippen LogP contribution in [0.25, 0.3) is 0 Å². The Balaban J connectivity index is 0. The van der Waals surface area contributed by atoms with Gasteiger partial charge in [0.25, 0.3) is 0 Å². The van der Waals surface area contributed by atoms with E-state index in [9.17, 15) is 48.4 Å². The number of carbonyl (C=O) groups excluding carboxylic acids is 2. The number of hydrogen-bond donors (Lipinski definition) is 13. The largest absolute Gasteiger partial charge is 0.481 e. The first-order valence-corrected chi connectivity index (χ1v) is 15.0. The second kappa shape index (κ2) is 19.7. The van der Waals surface area contributed by atoms with E-state index in [1.54, 1.807) is 0 Å². The lowest BCUT2D eigenvalue weighted by Gasteiger charge is -2.43. The maximum atomic E-state index is 12.0. The number of aliphatic hydroxyl groups excluding tert-OH is 3. The van der Waals surface area contributed by atoms with E-state index < -0.39 is 101 Å². The molecule has 1 aliphatic heterocycles. The molecule has 0 aromatic rings. The average molecular weight is 689 g/mol. The summed E-state index contributed by atoms with van der Waals surface area (Å²) < 4.78 is 32.7. The monoisotopic (exact) mass is 689 g/mol. The molecule has 1 unspecified atom stereocenters. The minimum absolute atomic E-state index is 0.0231. The lowest BCUT2D eigenvalue weighted by atomic mass is 9.96. The smallest absolute Gasteiger partial charge is 0.478 e. The van der Waals surface area contributed by atoms with Gasteiger partial charge in [0.05, 0.1) is 6.61 Å². The lowest BCUT2D eigenvalue weighted by Crippen LogP contribution is -2.65. The number of aliphatic carboxylic acids is 3. The molecule has 1 saturated heterocycles. The number of nitrogens with two attached hydrogens (primary N) is 1. The molecule has 0 radical (unpaired) electrons. The third kappa shape index (κ3) is 19.6. The maximum Gasteiger partial charge on any atom is 0.478 e. The van der Waals surface area contributed by atoms with Crippen LogP contribution >= 0.6 is 15.6 Å². The number of ether oxygens (including phenoxy) is 2. The van der Waals surface area contributed by atoms with Gasteiger partial charge in [0, 0.05) is 13.3 Å². The molecule has 1 aliphatic rings. The fourth-order valence-corrected chi connectivity index (χ4v) is 3.97. The Morgan fingerprint density at radius 1 is 0.955 bits per heavy atom. The zero-order valence-electron chi connectivity index (χ0n) is 23.3. The summed E-state index contributed by atoms with van der Waals surface area (Å²) in [5.41, 5.74) is 5.00. The van der Waals surface area contributed by atoms with Gasteiger partial charge in [-0.25, -0.2) is 9.13 Å². The number of carboxylic acids is 3. The summed E-state index contributed by atoms with van der Waals surface area (Å²) in [6.45, 7) is 3.14. The quantitative estimate of drug-likeness (QED) is 0.0808. The molecule has 25 heteroatoms. The summed E-state index contributed by atoms with van der Waals surface area (Å²) in [5.74, 6) is -4.73. The molecule has 14 N–H and O–H groups in total. The molecule has 0 aromatic heterocycles. The predicted octanol–water partition coefficient (Wildman–Crippen LogP) is -4.62. The highest BCUT2D eigenvalue weighted by atomic mass is 31.3. The van der Waals surface area contributed by atoms with Crippen LogP contribution in [-0.4, -0.2) is 135 Å². The molecule has 1 heterocycles. The molecule has 0 aliphatic carbocycles. The van der Waals surface area contributed by atoms with Gasteiger partial charge in [-0.15, -0.1) is 0 Å². The Morgan fingerprint density at radius 3 is 1.80 bits per heavy atom. The molecule has 1 rings (SSSR count). The highest BCUT2D eigenvalue weighted by molar-refractivity contribution is 7.60. The summed E-state index contributed by atoms with van der Waals surface area (Å²) in [7, 11) is -10.1. The van der Waals surface area contributed by atoms with E-state index in [1.165, 1.54) is 20.8 Å². The lowest BCUT2D eigenvalue weighted by molar-refractivity contribution is -0.266. The van der Waals surface area contributed by atoms with Crippen molar-refractivity contribution in [3.05, 3.63) is 0 Å². The van der Waals surface area contributed by atoms with Crippen LogP contribution in [0.5, 0.6) is 0 Å². The minimum atomic E-state index is -5.05. The number of phosphoric acid groups is 2. The van der Waals surface area contributed by atoms with Gasteiger partial charge in [-0.05, 0) is 20.3 Å². The van der Waals surface area contributed by atoms with Gasteiger partial charge in [0.15, 0.2) is 6.29 Å². The highest BCUT2D eigenvalue weighted by Crippen LogP contribution is 2.53. The van der Waals surface area contributed by atoms with E-state index in [0.717, 1.165) is 0 Å². The van der Waals surface area contributed by atoms with Gasteiger partial charge >= 0.3 is 33.6 Å². The third-order valence-electron chi connectivity index (χ3n) is 4.90. The molecule has 23 nitrogen and oxygen atoms in total. The highest BCUT2D eigenvalue weighted by Gasteiger charge is 2.47. The molecule has 0 saturated carbocycles. The minimum Gasteiger partial charge on any atom is -0.481 e. The molecule has 0 bridgehead atoms. The van der Waals surface area contributed by atoms with Crippen molar-refractivity contribution in [2.45, 2.75) is 82.4 Å². The Bertz CT molecular complexity index is 1040. The van der Waals surface area contributed by atoms with Crippen LogP contribution in [0.1, 0.15) is 33.6 Å². The molecule has 258 valence electrons. The Labute approximate surface area is 248 Å². The first-order chi connectivity index (χ1) is 19.8. The number of rotatable bonds is 13. The average Bonchev–Trinajstić information content (AvgIpc) is 2.84. The van der Waals surface area contributed by atoms with E-state index >= 15 is 0 Å². The van der Waals surface area contributed by atoms with Gasteiger partial charge in [-0.3, -0.25) is 24.0 Å². The number of nitrogens with one attached hydrogen (secondary N) is 2. The third-order valence-corrected chi connectivity index (χ3v) is 6.60. The number of aliphatic hydroxyl groups is 3. The van der Waals surface area contributed by atoms with Crippen LogP contribution in [0.3, 0.4) is 0 Å². The summed E-state index contributed by atoms with van der Waals surface area (Å²) in [6, 6.07) is -3.40. The molecule has 0 aromatic carbocycles. The number of carboxylic acid groups (broad SMARTS) is 3. The Hall–Kier alpha value is -2.63. The van der Waals surface area contributed by atoms with E-state index in [4.69, 9.17) is 50.1 Å². The number of amides is 2. The number of hydrogen-bond acceptors (Lipinski definition) is 14. The van der Waals surface area contributed by atoms with Crippen molar-refractivity contribution in [2.75, 3.05) is 6.61 Å². The molecule has 44 heavy (non-hydrogen) atoms. The van der Waals surface area contributed by atoms with Crippen molar-refractivity contribution in [2.24, 2.45) is 5.73 Å². The molecule has 8 atom stereocenters. The van der Waals surface area contributed by atoms with Crippen LogP contribution < -0.4 is 16.4 Å². The molecular weight excluding hydrogens is 652 g/mol. The molecule has 0 spiro atoms. The van der Waals surface area contributed by atoms with Crippen molar-refractivity contribution in [3.63, 3.8) is 0 Å². The van der Waals surface area contributed by atoms with E-state index in [1.807, 2.05) is 0 Å². The van der Waals surface area contributed by atoms with Gasteiger partial charge in [-0.2, -0.15) is 4.31 Å². The van der Waals surface area contributed by atoms with E-state index in [-0.39, 0.29) is 12.8 Å². The van der Waals surface area contributed by atoms with Gasteiger partial charge < -0.3 is 76.1 Å². The van der Waals surface area contributed by atoms with E-state index in [0.29, 0.717) is 0 Å². The molecule has 1 fully saturated rings. The molecule has 2 amide bonds.